The summed E-state index contributed by atoms with van der Waals surface area (Å²) in [5.74, 6) is -0.335. The third-order valence-electron chi connectivity index (χ3n) is 2.11. The zero-order valence-electron chi connectivity index (χ0n) is 9.46. The Bertz CT molecular complexity index is 404. The van der Waals surface area contributed by atoms with Gasteiger partial charge >= 0.3 is 0 Å². The first-order chi connectivity index (χ1) is 7.32. The molecule has 0 aliphatic rings. The Balaban J connectivity index is 2.55. The molecule has 4 nitrogen and oxygen atoms in total. The van der Waals surface area contributed by atoms with Crippen LogP contribution < -0.4 is 5.32 Å². The highest BCUT2D eigenvalue weighted by Gasteiger charge is 2.22. The molecule has 0 aliphatic heterocycles. The highest BCUT2D eigenvalue weighted by atomic mass is 79.9. The van der Waals surface area contributed by atoms with Gasteiger partial charge in [0.2, 0.25) is 0 Å². The molecule has 0 radical (unpaired) electrons. The smallest absolute Gasteiger partial charge is 0.256 e. The van der Waals surface area contributed by atoms with Gasteiger partial charge in [0.15, 0.2) is 10.5 Å². The lowest BCUT2D eigenvalue weighted by Crippen LogP contribution is -2.35. The molecule has 5 heteroatoms. The van der Waals surface area contributed by atoms with Gasteiger partial charge in [-0.15, -0.1) is 0 Å². The summed E-state index contributed by atoms with van der Waals surface area (Å²) < 4.78 is 5.30. The zero-order chi connectivity index (χ0) is 12.3. The van der Waals surface area contributed by atoms with Crippen LogP contribution in [-0.4, -0.2) is 18.2 Å². The maximum absolute atomic E-state index is 11.6. The number of hydrogen-bond acceptors (Lipinski definition) is 3. The lowest BCUT2D eigenvalue weighted by Gasteiger charge is -2.16. The number of halogens is 1. The first-order valence-electron chi connectivity index (χ1n) is 4.87. The molecule has 1 rings (SSSR count). The van der Waals surface area contributed by atoms with Crippen LogP contribution in [-0.2, 0) is 4.79 Å². The third-order valence-corrected chi connectivity index (χ3v) is 2.72. The summed E-state index contributed by atoms with van der Waals surface area (Å²) >= 11 is 3.10. The standard InChI is InChI=1S/C11H14BrNO3/c1-11(2,3)8(14)6-13-10(15)7-4-5-16-9(7)12/h4-5H,6H2,1-3H3,(H,13,15). The van der Waals surface area contributed by atoms with Crippen LogP contribution in [0.1, 0.15) is 31.1 Å². The van der Waals surface area contributed by atoms with Crippen LogP contribution in [0.3, 0.4) is 0 Å². The van der Waals surface area contributed by atoms with Crippen molar-refractivity contribution in [3.05, 3.63) is 22.6 Å². The number of carbonyl (C=O) groups excluding carboxylic acids is 2. The summed E-state index contributed by atoms with van der Waals surface area (Å²) in [4.78, 5) is 23.2. The van der Waals surface area contributed by atoms with E-state index in [0.29, 0.717) is 10.2 Å². The van der Waals surface area contributed by atoms with E-state index in [1.807, 2.05) is 20.8 Å². The van der Waals surface area contributed by atoms with E-state index in [-0.39, 0.29) is 18.2 Å². The molecule has 0 atom stereocenters. The van der Waals surface area contributed by atoms with E-state index < -0.39 is 5.41 Å². The Morgan fingerprint density at radius 2 is 2.06 bits per heavy atom. The Labute approximate surface area is 103 Å². The monoisotopic (exact) mass is 287 g/mol. The van der Waals surface area contributed by atoms with E-state index in [0.717, 1.165) is 0 Å². The van der Waals surface area contributed by atoms with E-state index in [2.05, 4.69) is 21.2 Å². The van der Waals surface area contributed by atoms with Gasteiger partial charge in [-0.2, -0.15) is 0 Å². The molecule has 1 aromatic rings. The van der Waals surface area contributed by atoms with Crippen molar-refractivity contribution in [2.45, 2.75) is 20.8 Å². The van der Waals surface area contributed by atoms with Crippen LogP contribution in [0.4, 0.5) is 0 Å². The predicted octanol–water partition coefficient (Wildman–Crippen LogP) is 2.39. The van der Waals surface area contributed by atoms with Crippen LogP contribution >= 0.6 is 15.9 Å². The average Bonchev–Trinajstić information content (AvgIpc) is 2.58. The fourth-order valence-corrected chi connectivity index (χ4v) is 1.40. The van der Waals surface area contributed by atoms with E-state index in [4.69, 9.17) is 4.42 Å². The van der Waals surface area contributed by atoms with E-state index >= 15 is 0 Å². The van der Waals surface area contributed by atoms with Gasteiger partial charge in [-0.1, -0.05) is 20.8 Å². The number of Topliss-reactive ketones (excluding diaryl/α,β-unsaturated/α-hetero) is 1. The highest BCUT2D eigenvalue weighted by molar-refractivity contribution is 9.10. The fourth-order valence-electron chi connectivity index (χ4n) is 0.977. The molecular formula is C11H14BrNO3. The molecule has 0 fully saturated rings. The number of nitrogens with one attached hydrogen (secondary N) is 1. The average molecular weight is 288 g/mol. The SMILES string of the molecule is CC(C)(C)C(=O)CNC(=O)c1ccoc1Br. The van der Waals surface area contributed by atoms with Crippen molar-refractivity contribution < 1.29 is 14.0 Å². The molecule has 0 aromatic carbocycles. The van der Waals surface area contributed by atoms with Crippen LogP contribution in [0.25, 0.3) is 0 Å². The Hall–Kier alpha value is -1.10. The van der Waals surface area contributed by atoms with Gasteiger partial charge in [0.1, 0.15) is 0 Å². The molecule has 1 amide bonds. The summed E-state index contributed by atoms with van der Waals surface area (Å²) in [6.07, 6.45) is 1.41. The van der Waals surface area contributed by atoms with Crippen LogP contribution in [0, 0.1) is 5.41 Å². The van der Waals surface area contributed by atoms with Gasteiger partial charge in [-0.05, 0) is 22.0 Å². The second kappa shape index (κ2) is 4.82. The minimum absolute atomic E-state index is 0.0135. The molecule has 0 saturated carbocycles. The number of amides is 1. The summed E-state index contributed by atoms with van der Waals surface area (Å²) in [5, 5.41) is 2.55. The number of carbonyl (C=O) groups is 2. The Morgan fingerprint density at radius 3 is 2.50 bits per heavy atom. The number of furan rings is 1. The summed E-state index contributed by atoms with van der Waals surface area (Å²) in [7, 11) is 0. The van der Waals surface area contributed by atoms with Gasteiger partial charge in [0.05, 0.1) is 18.4 Å². The fraction of sp³-hybridized carbons (Fsp3) is 0.455. The lowest BCUT2D eigenvalue weighted by atomic mass is 9.91. The summed E-state index contributed by atoms with van der Waals surface area (Å²) in [6.45, 7) is 5.47. The van der Waals surface area contributed by atoms with Crippen LogP contribution in [0.2, 0.25) is 0 Å². The molecule has 88 valence electrons. The molecule has 1 N–H and O–H groups in total. The Morgan fingerprint density at radius 1 is 1.44 bits per heavy atom. The molecule has 1 aromatic heterocycles. The topological polar surface area (TPSA) is 59.3 Å². The summed E-state index contributed by atoms with van der Waals surface area (Å²) in [6, 6.07) is 1.54. The maximum Gasteiger partial charge on any atom is 0.256 e. The summed E-state index contributed by atoms with van der Waals surface area (Å²) in [5.41, 5.74) is -0.0531. The van der Waals surface area contributed by atoms with Crippen LogP contribution in [0.15, 0.2) is 21.4 Å². The normalized spacial score (nSPS) is 11.2. The van der Waals surface area contributed by atoms with E-state index in [1.165, 1.54) is 6.26 Å². The molecule has 0 aliphatic carbocycles. The van der Waals surface area contributed by atoms with Crippen molar-refractivity contribution in [1.29, 1.82) is 0 Å². The lowest BCUT2D eigenvalue weighted by molar-refractivity contribution is -0.125. The quantitative estimate of drug-likeness (QED) is 0.929. The second-order valence-electron chi connectivity index (χ2n) is 4.46. The van der Waals surface area contributed by atoms with Gasteiger partial charge in [-0.25, -0.2) is 0 Å². The number of rotatable bonds is 3. The van der Waals surface area contributed by atoms with Gasteiger partial charge in [0, 0.05) is 5.41 Å². The molecule has 0 unspecified atom stereocenters. The minimum atomic E-state index is -0.444. The molecule has 0 saturated heterocycles. The number of ketones is 1. The maximum atomic E-state index is 11.6. The van der Waals surface area contributed by atoms with Crippen molar-refractivity contribution in [3.8, 4) is 0 Å². The van der Waals surface area contributed by atoms with Crippen molar-refractivity contribution in [2.75, 3.05) is 6.54 Å². The van der Waals surface area contributed by atoms with Gasteiger partial charge < -0.3 is 9.73 Å². The number of hydrogen-bond donors (Lipinski definition) is 1. The van der Waals surface area contributed by atoms with Gasteiger partial charge in [0.25, 0.3) is 5.91 Å². The van der Waals surface area contributed by atoms with Gasteiger partial charge in [-0.3, -0.25) is 9.59 Å². The van der Waals surface area contributed by atoms with Crippen molar-refractivity contribution in [1.82, 2.24) is 5.32 Å². The van der Waals surface area contributed by atoms with E-state index in [9.17, 15) is 9.59 Å². The third kappa shape index (κ3) is 3.20. The molecular weight excluding hydrogens is 274 g/mol. The highest BCUT2D eigenvalue weighted by Crippen LogP contribution is 2.17. The largest absolute Gasteiger partial charge is 0.457 e. The molecule has 1 heterocycles. The van der Waals surface area contributed by atoms with Crippen molar-refractivity contribution >= 4 is 27.6 Å². The zero-order valence-corrected chi connectivity index (χ0v) is 11.1. The predicted molar refractivity (Wildman–Crippen MR) is 63.2 cm³/mol. The van der Waals surface area contributed by atoms with Crippen molar-refractivity contribution in [3.63, 3.8) is 0 Å². The molecule has 16 heavy (non-hydrogen) atoms. The molecule has 0 spiro atoms. The molecule has 0 bridgehead atoms. The first kappa shape index (κ1) is 13.0. The van der Waals surface area contributed by atoms with E-state index in [1.54, 1.807) is 6.07 Å². The second-order valence-corrected chi connectivity index (χ2v) is 5.18. The first-order valence-corrected chi connectivity index (χ1v) is 5.66. The van der Waals surface area contributed by atoms with Crippen LogP contribution in [0.5, 0.6) is 0 Å². The van der Waals surface area contributed by atoms with Crippen molar-refractivity contribution in [2.24, 2.45) is 5.41 Å². The Kier molecular flexibility index (Phi) is 3.91. The minimum Gasteiger partial charge on any atom is -0.457 e.